The van der Waals surface area contributed by atoms with Crippen molar-refractivity contribution in [2.75, 3.05) is 39.1 Å². The number of nitrogens with zero attached hydrogens (tertiary/aromatic N) is 1. The zero-order valence-electron chi connectivity index (χ0n) is 15.4. The fourth-order valence-electron chi connectivity index (χ4n) is 2.67. The molecular weight excluding hydrogens is 441 g/mol. The zero-order chi connectivity index (χ0) is 17.3. The molecule has 0 spiro atoms. The largest absolute Gasteiger partial charge is 0.381 e. The number of ether oxygens (including phenoxy) is 1. The van der Waals surface area contributed by atoms with Crippen molar-refractivity contribution in [3.8, 4) is 0 Å². The number of halogens is 1. The van der Waals surface area contributed by atoms with Crippen LogP contribution in [0.3, 0.4) is 0 Å². The topological polar surface area (TPSA) is 79.8 Å². The van der Waals surface area contributed by atoms with Gasteiger partial charge in [0, 0.05) is 32.6 Å². The fraction of sp³-hybridized carbons (Fsp3) is 0.938. The van der Waals surface area contributed by atoms with Crippen LogP contribution in [0.25, 0.3) is 0 Å². The highest BCUT2D eigenvalue weighted by molar-refractivity contribution is 14.0. The molecule has 1 aliphatic rings. The molecule has 8 heteroatoms. The quantitative estimate of drug-likeness (QED) is 0.244. The molecule has 0 aromatic rings. The lowest BCUT2D eigenvalue weighted by atomic mass is 9.99. The maximum atomic E-state index is 12.2. The molecule has 0 saturated carbocycles. The molecule has 2 N–H and O–H groups in total. The van der Waals surface area contributed by atoms with Gasteiger partial charge in [-0.15, -0.1) is 24.0 Å². The minimum absolute atomic E-state index is 0. The summed E-state index contributed by atoms with van der Waals surface area (Å²) >= 11 is 0. The highest BCUT2D eigenvalue weighted by Crippen LogP contribution is 2.29. The minimum Gasteiger partial charge on any atom is -0.381 e. The number of rotatable bonds is 8. The summed E-state index contributed by atoms with van der Waals surface area (Å²) in [5.41, 5.74) is 0. The molecule has 0 amide bonds. The van der Waals surface area contributed by atoms with Crippen LogP contribution in [0.15, 0.2) is 4.99 Å². The van der Waals surface area contributed by atoms with E-state index in [9.17, 15) is 8.42 Å². The molecule has 1 fully saturated rings. The Balaban J connectivity index is 0.00000529. The van der Waals surface area contributed by atoms with Crippen molar-refractivity contribution in [3.05, 3.63) is 0 Å². The average Bonchev–Trinajstić information content (AvgIpc) is 2.48. The second kappa shape index (κ2) is 11.5. The van der Waals surface area contributed by atoms with E-state index in [4.69, 9.17) is 4.74 Å². The molecule has 144 valence electrons. The zero-order valence-corrected chi connectivity index (χ0v) is 18.6. The van der Waals surface area contributed by atoms with Crippen LogP contribution in [0.1, 0.15) is 46.5 Å². The van der Waals surface area contributed by atoms with Gasteiger partial charge in [0.1, 0.15) is 0 Å². The van der Waals surface area contributed by atoms with Gasteiger partial charge in [0.05, 0.1) is 11.3 Å². The second-order valence-corrected chi connectivity index (χ2v) is 9.14. The number of aliphatic imine (C=N–C) groups is 1. The molecule has 24 heavy (non-hydrogen) atoms. The second-order valence-electron chi connectivity index (χ2n) is 6.73. The average molecular weight is 475 g/mol. The van der Waals surface area contributed by atoms with Crippen LogP contribution >= 0.6 is 24.0 Å². The first-order valence-electron chi connectivity index (χ1n) is 8.60. The summed E-state index contributed by atoms with van der Waals surface area (Å²) in [5, 5.41) is 6.49. The molecule has 0 aromatic carbocycles. The van der Waals surface area contributed by atoms with E-state index in [1.54, 1.807) is 0 Å². The Morgan fingerprint density at radius 1 is 1.25 bits per heavy atom. The van der Waals surface area contributed by atoms with Gasteiger partial charge >= 0.3 is 0 Å². The first kappa shape index (κ1) is 23.9. The smallest absolute Gasteiger partial charge is 0.191 e. The lowest BCUT2D eigenvalue weighted by Crippen LogP contribution is -2.47. The first-order valence-corrected chi connectivity index (χ1v) is 10.5. The summed E-state index contributed by atoms with van der Waals surface area (Å²) in [5.74, 6) is 1.39. The summed E-state index contributed by atoms with van der Waals surface area (Å²) in [6.45, 7) is 9.29. The van der Waals surface area contributed by atoms with Crippen molar-refractivity contribution in [1.82, 2.24) is 10.6 Å². The molecule has 1 rings (SSSR count). The lowest BCUT2D eigenvalue weighted by molar-refractivity contribution is 0.0768. The summed E-state index contributed by atoms with van der Waals surface area (Å²) in [6.07, 6.45) is 4.59. The van der Waals surface area contributed by atoms with Gasteiger partial charge in [-0.2, -0.15) is 0 Å². The van der Waals surface area contributed by atoms with Gasteiger partial charge in [0.25, 0.3) is 0 Å². The monoisotopic (exact) mass is 475 g/mol. The Morgan fingerprint density at radius 2 is 1.88 bits per heavy atom. The number of nitrogens with one attached hydrogen (secondary N) is 2. The molecule has 6 nitrogen and oxygen atoms in total. The molecule has 0 atom stereocenters. The number of sulfone groups is 1. The highest BCUT2D eigenvalue weighted by Gasteiger charge is 2.42. The number of guanidine groups is 1. The van der Waals surface area contributed by atoms with Gasteiger partial charge in [-0.05, 0) is 38.5 Å². The Morgan fingerprint density at radius 3 is 2.38 bits per heavy atom. The van der Waals surface area contributed by atoms with E-state index in [0.717, 1.165) is 25.9 Å². The maximum Gasteiger partial charge on any atom is 0.191 e. The summed E-state index contributed by atoms with van der Waals surface area (Å²) < 4.78 is 29.0. The molecule has 0 aliphatic carbocycles. The van der Waals surface area contributed by atoms with Crippen LogP contribution in [0.4, 0.5) is 0 Å². The molecule has 0 unspecified atom stereocenters. The SMILES string of the molecule is CCNC(=NCC1(S(C)(=O)=O)CCOCC1)NCCCC(C)C.I. The van der Waals surface area contributed by atoms with E-state index in [0.29, 0.717) is 37.9 Å². The van der Waals surface area contributed by atoms with Crippen molar-refractivity contribution in [2.45, 2.75) is 51.2 Å². The van der Waals surface area contributed by atoms with Crippen molar-refractivity contribution < 1.29 is 13.2 Å². The van der Waals surface area contributed by atoms with Crippen molar-refractivity contribution in [2.24, 2.45) is 10.9 Å². The predicted molar refractivity (Wildman–Crippen MR) is 111 cm³/mol. The van der Waals surface area contributed by atoms with Gasteiger partial charge in [-0.3, -0.25) is 4.99 Å². The molecular formula is C16H34IN3O3S. The summed E-state index contributed by atoms with van der Waals surface area (Å²) in [6, 6.07) is 0. The van der Waals surface area contributed by atoms with E-state index in [-0.39, 0.29) is 30.5 Å². The maximum absolute atomic E-state index is 12.2. The van der Waals surface area contributed by atoms with Crippen LogP contribution in [-0.4, -0.2) is 58.2 Å². The van der Waals surface area contributed by atoms with Crippen LogP contribution in [0, 0.1) is 5.92 Å². The van der Waals surface area contributed by atoms with Crippen molar-refractivity contribution in [1.29, 1.82) is 0 Å². The fourth-order valence-corrected chi connectivity index (χ4v) is 3.88. The van der Waals surface area contributed by atoms with E-state index >= 15 is 0 Å². The predicted octanol–water partition coefficient (Wildman–Crippen LogP) is 2.19. The van der Waals surface area contributed by atoms with Crippen molar-refractivity contribution >= 4 is 39.8 Å². The summed E-state index contributed by atoms with van der Waals surface area (Å²) in [7, 11) is -3.18. The Hall–Kier alpha value is -0.0900. The van der Waals surface area contributed by atoms with E-state index < -0.39 is 14.6 Å². The Kier molecular flexibility index (Phi) is 11.5. The molecule has 1 saturated heterocycles. The van der Waals surface area contributed by atoms with E-state index in [1.165, 1.54) is 6.26 Å². The molecule has 1 aliphatic heterocycles. The van der Waals surface area contributed by atoms with Gasteiger partial charge in [0.2, 0.25) is 0 Å². The van der Waals surface area contributed by atoms with Crippen molar-refractivity contribution in [3.63, 3.8) is 0 Å². The van der Waals surface area contributed by atoms with E-state index in [1.807, 2.05) is 6.92 Å². The Bertz CT molecular complexity index is 475. The van der Waals surface area contributed by atoms with Gasteiger partial charge in [0.15, 0.2) is 15.8 Å². The minimum atomic E-state index is -3.18. The van der Waals surface area contributed by atoms with Crippen LogP contribution in [0.2, 0.25) is 0 Å². The molecule has 0 aromatic heterocycles. The standard InChI is InChI=1S/C16H33N3O3S.HI/c1-5-17-15(18-10-6-7-14(2)3)19-13-16(23(4,20)21)8-11-22-12-9-16;/h14H,5-13H2,1-4H3,(H2,17,18,19);1H. The number of hydrogen-bond acceptors (Lipinski definition) is 4. The van der Waals surface area contributed by atoms with Crippen LogP contribution in [0.5, 0.6) is 0 Å². The normalized spacial score (nSPS) is 18.1. The third kappa shape index (κ3) is 7.86. The van der Waals surface area contributed by atoms with Gasteiger partial charge in [-0.1, -0.05) is 13.8 Å². The highest BCUT2D eigenvalue weighted by atomic mass is 127. The van der Waals surface area contributed by atoms with Gasteiger partial charge in [-0.25, -0.2) is 8.42 Å². The third-order valence-corrected chi connectivity index (χ3v) is 6.42. The molecule has 0 bridgehead atoms. The van der Waals surface area contributed by atoms with Crippen LogP contribution in [-0.2, 0) is 14.6 Å². The van der Waals surface area contributed by atoms with E-state index in [2.05, 4.69) is 29.5 Å². The summed E-state index contributed by atoms with van der Waals surface area (Å²) in [4.78, 5) is 4.55. The number of hydrogen-bond donors (Lipinski definition) is 2. The molecule has 0 radical (unpaired) electrons. The first-order chi connectivity index (χ1) is 10.8. The third-order valence-electron chi connectivity index (χ3n) is 4.31. The molecule has 1 heterocycles. The van der Waals surface area contributed by atoms with Gasteiger partial charge < -0.3 is 15.4 Å². The Labute approximate surface area is 164 Å². The van der Waals surface area contributed by atoms with Crippen LogP contribution < -0.4 is 10.6 Å². The lowest BCUT2D eigenvalue weighted by Gasteiger charge is -2.34.